The van der Waals surface area contributed by atoms with Gasteiger partial charge in [0.25, 0.3) is 5.91 Å². The van der Waals surface area contributed by atoms with E-state index in [0.29, 0.717) is 23.1 Å². The van der Waals surface area contributed by atoms with Crippen LogP contribution in [0.1, 0.15) is 13.8 Å². The van der Waals surface area contributed by atoms with Gasteiger partial charge in [-0.15, -0.1) is 0 Å². The maximum atomic E-state index is 12.2. The molecule has 0 unspecified atom stereocenters. The summed E-state index contributed by atoms with van der Waals surface area (Å²) in [4.78, 5) is 12.2. The second-order valence-corrected chi connectivity index (χ2v) is 6.05. The molecule has 0 aliphatic carbocycles. The van der Waals surface area contributed by atoms with E-state index in [2.05, 4.69) is 5.32 Å². The fraction of sp³-hybridized carbons (Fsp3) is 0.316. The second kappa shape index (κ2) is 9.18. The molecule has 2 atom stereocenters. The summed E-state index contributed by atoms with van der Waals surface area (Å²) in [5, 5.41) is 3.48. The Balaban J connectivity index is 1.77. The smallest absolute Gasteiger partial charge is 0.261 e. The van der Waals surface area contributed by atoms with E-state index < -0.39 is 6.10 Å². The number of ether oxygens (including phenoxy) is 3. The van der Waals surface area contributed by atoms with Gasteiger partial charge in [-0.2, -0.15) is 0 Å². The highest BCUT2D eigenvalue weighted by molar-refractivity contribution is 6.30. The number of benzene rings is 2. The van der Waals surface area contributed by atoms with Crippen LogP contribution in [-0.2, 0) is 4.79 Å². The third kappa shape index (κ3) is 6.19. The summed E-state index contributed by atoms with van der Waals surface area (Å²) >= 11 is 5.83. The molecule has 0 aromatic heterocycles. The first-order valence-corrected chi connectivity index (χ1v) is 8.35. The normalized spacial score (nSPS) is 12.8. The molecular formula is C19H22ClNO4. The third-order valence-electron chi connectivity index (χ3n) is 3.44. The standard InChI is InChI=1S/C19H22ClNO4/c1-13(12-24-17-10-8-16(23-3)9-11-17)21-19(22)14(2)25-18-6-4-15(20)5-7-18/h4-11,13-14H,12H2,1-3H3,(H,21,22)/t13-,14+/m0/s1. The van der Waals surface area contributed by atoms with E-state index >= 15 is 0 Å². The monoisotopic (exact) mass is 363 g/mol. The van der Waals surface area contributed by atoms with Gasteiger partial charge in [0, 0.05) is 5.02 Å². The lowest BCUT2D eigenvalue weighted by Crippen LogP contribution is -2.43. The van der Waals surface area contributed by atoms with Gasteiger partial charge >= 0.3 is 0 Å². The Morgan fingerprint density at radius 2 is 1.56 bits per heavy atom. The van der Waals surface area contributed by atoms with Gasteiger partial charge in [0.15, 0.2) is 6.10 Å². The van der Waals surface area contributed by atoms with Crippen molar-refractivity contribution < 1.29 is 19.0 Å². The molecule has 6 heteroatoms. The van der Waals surface area contributed by atoms with Crippen molar-refractivity contribution in [3.8, 4) is 17.2 Å². The topological polar surface area (TPSA) is 56.8 Å². The van der Waals surface area contributed by atoms with Crippen LogP contribution in [0, 0.1) is 0 Å². The van der Waals surface area contributed by atoms with Gasteiger partial charge in [0.1, 0.15) is 23.9 Å². The first kappa shape index (κ1) is 18.9. The fourth-order valence-electron chi connectivity index (χ4n) is 2.07. The molecule has 2 rings (SSSR count). The number of carbonyl (C=O) groups excluding carboxylic acids is 1. The average Bonchev–Trinajstić information content (AvgIpc) is 2.62. The summed E-state index contributed by atoms with van der Waals surface area (Å²) in [7, 11) is 1.61. The molecule has 0 aliphatic heterocycles. The van der Waals surface area contributed by atoms with Crippen LogP contribution in [-0.4, -0.2) is 31.8 Å². The molecule has 5 nitrogen and oxygen atoms in total. The Labute approximate surface area is 152 Å². The number of hydrogen-bond donors (Lipinski definition) is 1. The Hall–Kier alpha value is -2.40. The quantitative estimate of drug-likeness (QED) is 0.777. The van der Waals surface area contributed by atoms with E-state index in [0.717, 1.165) is 5.75 Å². The molecule has 0 aliphatic rings. The van der Waals surface area contributed by atoms with Crippen LogP contribution in [0.15, 0.2) is 48.5 Å². The summed E-state index contributed by atoms with van der Waals surface area (Å²) in [6, 6.07) is 14.0. The summed E-state index contributed by atoms with van der Waals surface area (Å²) in [6.45, 7) is 3.92. The molecule has 2 aromatic carbocycles. The summed E-state index contributed by atoms with van der Waals surface area (Å²) in [5.74, 6) is 1.87. The van der Waals surface area contributed by atoms with E-state index in [1.165, 1.54) is 0 Å². The van der Waals surface area contributed by atoms with Crippen LogP contribution in [0.25, 0.3) is 0 Å². The van der Waals surface area contributed by atoms with Crippen LogP contribution >= 0.6 is 11.6 Å². The molecule has 0 heterocycles. The number of nitrogens with one attached hydrogen (secondary N) is 1. The zero-order valence-electron chi connectivity index (χ0n) is 14.5. The van der Waals surface area contributed by atoms with Crippen LogP contribution in [0.2, 0.25) is 5.02 Å². The zero-order chi connectivity index (χ0) is 18.2. The molecule has 0 saturated heterocycles. The second-order valence-electron chi connectivity index (χ2n) is 5.61. The van der Waals surface area contributed by atoms with E-state index in [1.54, 1.807) is 38.3 Å². The predicted octanol–water partition coefficient (Wildman–Crippen LogP) is 3.70. The molecule has 25 heavy (non-hydrogen) atoms. The van der Waals surface area contributed by atoms with Crippen molar-refractivity contribution in [3.63, 3.8) is 0 Å². The van der Waals surface area contributed by atoms with Crippen molar-refractivity contribution in [1.82, 2.24) is 5.32 Å². The van der Waals surface area contributed by atoms with Gasteiger partial charge < -0.3 is 19.5 Å². The lowest BCUT2D eigenvalue weighted by Gasteiger charge is -2.19. The maximum absolute atomic E-state index is 12.2. The molecule has 0 fully saturated rings. The van der Waals surface area contributed by atoms with Gasteiger partial charge in [0.05, 0.1) is 13.2 Å². The summed E-state index contributed by atoms with van der Waals surface area (Å²) in [5.41, 5.74) is 0. The maximum Gasteiger partial charge on any atom is 0.261 e. The highest BCUT2D eigenvalue weighted by Crippen LogP contribution is 2.18. The first-order chi connectivity index (χ1) is 12.0. The number of amides is 1. The lowest BCUT2D eigenvalue weighted by molar-refractivity contribution is -0.128. The molecular weight excluding hydrogens is 342 g/mol. The molecule has 0 radical (unpaired) electrons. The lowest BCUT2D eigenvalue weighted by atomic mass is 10.3. The highest BCUT2D eigenvalue weighted by atomic mass is 35.5. The Kier molecular flexibility index (Phi) is 6.95. The summed E-state index contributed by atoms with van der Waals surface area (Å²) < 4.78 is 16.3. The molecule has 0 spiro atoms. The Morgan fingerprint density at radius 3 is 2.16 bits per heavy atom. The minimum absolute atomic E-state index is 0.161. The summed E-state index contributed by atoms with van der Waals surface area (Å²) in [6.07, 6.45) is -0.621. The van der Waals surface area contributed by atoms with Gasteiger partial charge in [0.2, 0.25) is 0 Å². The molecule has 134 valence electrons. The molecule has 1 N–H and O–H groups in total. The van der Waals surface area contributed by atoms with E-state index in [-0.39, 0.29) is 11.9 Å². The van der Waals surface area contributed by atoms with Crippen molar-refractivity contribution in [2.75, 3.05) is 13.7 Å². The van der Waals surface area contributed by atoms with Crippen molar-refractivity contribution in [1.29, 1.82) is 0 Å². The predicted molar refractivity (Wildman–Crippen MR) is 97.6 cm³/mol. The number of halogens is 1. The largest absolute Gasteiger partial charge is 0.497 e. The van der Waals surface area contributed by atoms with Crippen LogP contribution in [0.5, 0.6) is 17.2 Å². The minimum Gasteiger partial charge on any atom is -0.497 e. The Bertz CT molecular complexity index is 673. The van der Waals surface area contributed by atoms with E-state index in [9.17, 15) is 4.79 Å². The van der Waals surface area contributed by atoms with Crippen LogP contribution in [0.4, 0.5) is 0 Å². The zero-order valence-corrected chi connectivity index (χ0v) is 15.2. The molecule has 0 bridgehead atoms. The number of hydrogen-bond acceptors (Lipinski definition) is 4. The van der Waals surface area contributed by atoms with Crippen molar-refractivity contribution in [2.24, 2.45) is 0 Å². The first-order valence-electron chi connectivity index (χ1n) is 7.97. The van der Waals surface area contributed by atoms with E-state index in [4.69, 9.17) is 25.8 Å². The highest BCUT2D eigenvalue weighted by Gasteiger charge is 2.17. The van der Waals surface area contributed by atoms with Crippen molar-refractivity contribution in [3.05, 3.63) is 53.6 Å². The fourth-order valence-corrected chi connectivity index (χ4v) is 2.19. The van der Waals surface area contributed by atoms with Crippen LogP contribution < -0.4 is 19.5 Å². The van der Waals surface area contributed by atoms with Gasteiger partial charge in [-0.05, 0) is 62.4 Å². The number of carbonyl (C=O) groups is 1. The Morgan fingerprint density at radius 1 is 1.00 bits per heavy atom. The van der Waals surface area contributed by atoms with Crippen LogP contribution in [0.3, 0.4) is 0 Å². The SMILES string of the molecule is COc1ccc(OC[C@H](C)NC(=O)[C@@H](C)Oc2ccc(Cl)cc2)cc1. The number of rotatable bonds is 8. The number of methoxy groups -OCH3 is 1. The molecule has 2 aromatic rings. The van der Waals surface area contributed by atoms with Gasteiger partial charge in [-0.1, -0.05) is 11.6 Å². The van der Waals surface area contributed by atoms with Gasteiger partial charge in [-0.25, -0.2) is 0 Å². The van der Waals surface area contributed by atoms with Crippen molar-refractivity contribution >= 4 is 17.5 Å². The molecule has 0 saturated carbocycles. The van der Waals surface area contributed by atoms with Gasteiger partial charge in [-0.3, -0.25) is 4.79 Å². The average molecular weight is 364 g/mol. The van der Waals surface area contributed by atoms with Crippen molar-refractivity contribution in [2.45, 2.75) is 26.0 Å². The molecule has 1 amide bonds. The third-order valence-corrected chi connectivity index (χ3v) is 3.70. The van der Waals surface area contributed by atoms with E-state index in [1.807, 2.05) is 31.2 Å². The minimum atomic E-state index is -0.621.